The molecule has 2 heterocycles. The summed E-state index contributed by atoms with van der Waals surface area (Å²) < 4.78 is 5.71. The van der Waals surface area contributed by atoms with Crippen molar-refractivity contribution in [3.8, 4) is 5.75 Å². The second-order valence-corrected chi connectivity index (χ2v) is 7.32. The van der Waals surface area contributed by atoms with Crippen LogP contribution in [0.1, 0.15) is 43.5 Å². The fourth-order valence-corrected chi connectivity index (χ4v) is 3.21. The third kappa shape index (κ3) is 4.48. The number of hydrogen-bond donors (Lipinski definition) is 2. The number of carbonyl (C=O) groups excluding carboxylic acids is 1. The van der Waals surface area contributed by atoms with E-state index in [1.165, 1.54) is 23.8 Å². The highest BCUT2D eigenvalue weighted by Gasteiger charge is 2.22. The lowest BCUT2D eigenvalue weighted by molar-refractivity contribution is -0.121. The Bertz CT molecular complexity index is 913. The van der Waals surface area contributed by atoms with Gasteiger partial charge in [-0.05, 0) is 55.9 Å². The molecule has 0 bridgehead atoms. The largest absolute Gasteiger partial charge is 0.492 e. The summed E-state index contributed by atoms with van der Waals surface area (Å²) in [6, 6.07) is 11.9. The van der Waals surface area contributed by atoms with E-state index in [0.717, 1.165) is 29.5 Å². The predicted molar refractivity (Wildman–Crippen MR) is 106 cm³/mol. The first-order chi connectivity index (χ1) is 13.2. The monoisotopic (exact) mass is 363 g/mol. The number of nitrogens with one attached hydrogen (secondary N) is 2. The second kappa shape index (κ2) is 7.82. The van der Waals surface area contributed by atoms with Gasteiger partial charge in [-0.1, -0.05) is 18.2 Å². The van der Waals surface area contributed by atoms with Crippen LogP contribution in [0.2, 0.25) is 0 Å². The van der Waals surface area contributed by atoms with Gasteiger partial charge in [-0.15, -0.1) is 0 Å². The van der Waals surface area contributed by atoms with Crippen LogP contribution in [0.5, 0.6) is 5.75 Å². The number of pyridine rings is 1. The first-order valence-corrected chi connectivity index (χ1v) is 9.62. The van der Waals surface area contributed by atoms with Gasteiger partial charge >= 0.3 is 0 Å². The Morgan fingerprint density at radius 3 is 2.93 bits per heavy atom. The van der Waals surface area contributed by atoms with Crippen molar-refractivity contribution in [3.63, 3.8) is 0 Å². The molecule has 2 N–H and O–H groups in total. The van der Waals surface area contributed by atoms with Gasteiger partial charge in [-0.2, -0.15) is 0 Å². The molecule has 3 aromatic rings. The normalized spacial score (nSPS) is 14.9. The maximum absolute atomic E-state index is 12.3. The molecule has 27 heavy (non-hydrogen) atoms. The van der Waals surface area contributed by atoms with Gasteiger partial charge in [0.2, 0.25) is 5.91 Å². The summed E-state index contributed by atoms with van der Waals surface area (Å²) in [4.78, 5) is 20.0. The fourth-order valence-electron chi connectivity index (χ4n) is 3.21. The van der Waals surface area contributed by atoms with E-state index in [9.17, 15) is 4.79 Å². The lowest BCUT2D eigenvalue weighted by Gasteiger charge is -2.14. The topological polar surface area (TPSA) is 67.0 Å². The molecule has 0 aliphatic heterocycles. The third-order valence-corrected chi connectivity index (χ3v) is 5.06. The zero-order valence-electron chi connectivity index (χ0n) is 15.6. The van der Waals surface area contributed by atoms with Crippen LogP contribution < -0.4 is 10.1 Å². The number of aromatic nitrogens is 2. The SMILES string of the molecule is C[C@@H](NC(=O)CCc1c[nH]c2ccccc12)c1ccc(OCC2CC2)cn1. The summed E-state index contributed by atoms with van der Waals surface area (Å²) in [5.74, 6) is 1.55. The molecule has 1 amide bonds. The molecule has 5 nitrogen and oxygen atoms in total. The van der Waals surface area contributed by atoms with Gasteiger partial charge in [0.15, 0.2) is 0 Å². The highest BCUT2D eigenvalue weighted by molar-refractivity contribution is 5.84. The van der Waals surface area contributed by atoms with Gasteiger partial charge in [0.05, 0.1) is 24.5 Å². The van der Waals surface area contributed by atoms with E-state index in [2.05, 4.69) is 21.4 Å². The van der Waals surface area contributed by atoms with Crippen molar-refractivity contribution in [2.45, 2.75) is 38.6 Å². The molecule has 1 aliphatic rings. The van der Waals surface area contributed by atoms with E-state index >= 15 is 0 Å². The molecule has 140 valence electrons. The van der Waals surface area contributed by atoms with Crippen LogP contribution >= 0.6 is 0 Å². The lowest BCUT2D eigenvalue weighted by atomic mass is 10.1. The number of ether oxygens (including phenoxy) is 1. The van der Waals surface area contributed by atoms with Crippen LogP contribution in [-0.2, 0) is 11.2 Å². The average Bonchev–Trinajstić information content (AvgIpc) is 3.43. The Kier molecular flexibility index (Phi) is 5.10. The van der Waals surface area contributed by atoms with Crippen LogP contribution in [0.4, 0.5) is 0 Å². The molecular weight excluding hydrogens is 338 g/mol. The molecule has 1 fully saturated rings. The number of benzene rings is 1. The Labute approximate surface area is 159 Å². The first-order valence-electron chi connectivity index (χ1n) is 9.62. The van der Waals surface area contributed by atoms with E-state index in [4.69, 9.17) is 4.74 Å². The Morgan fingerprint density at radius 1 is 1.30 bits per heavy atom. The predicted octanol–water partition coefficient (Wildman–Crippen LogP) is 4.16. The van der Waals surface area contributed by atoms with Crippen molar-refractivity contribution in [2.75, 3.05) is 6.61 Å². The van der Waals surface area contributed by atoms with Crippen LogP contribution in [0, 0.1) is 5.92 Å². The summed E-state index contributed by atoms with van der Waals surface area (Å²) in [7, 11) is 0. The van der Waals surface area contributed by atoms with Crippen LogP contribution in [0.15, 0.2) is 48.8 Å². The minimum absolute atomic E-state index is 0.0311. The zero-order chi connectivity index (χ0) is 18.6. The van der Waals surface area contributed by atoms with Crippen molar-refractivity contribution in [1.29, 1.82) is 0 Å². The summed E-state index contributed by atoms with van der Waals surface area (Å²) >= 11 is 0. The molecule has 1 saturated carbocycles. The van der Waals surface area contributed by atoms with Gasteiger partial charge in [-0.25, -0.2) is 0 Å². The van der Waals surface area contributed by atoms with Gasteiger partial charge in [-0.3, -0.25) is 9.78 Å². The Hall–Kier alpha value is -2.82. The number of nitrogens with zero attached hydrogens (tertiary/aromatic N) is 1. The number of amides is 1. The van der Waals surface area contributed by atoms with Crippen molar-refractivity contribution in [1.82, 2.24) is 15.3 Å². The van der Waals surface area contributed by atoms with E-state index in [-0.39, 0.29) is 11.9 Å². The maximum atomic E-state index is 12.3. The number of carbonyl (C=O) groups is 1. The van der Waals surface area contributed by atoms with Crippen molar-refractivity contribution >= 4 is 16.8 Å². The minimum atomic E-state index is -0.127. The summed E-state index contributed by atoms with van der Waals surface area (Å²) in [6.45, 7) is 2.73. The Morgan fingerprint density at radius 2 is 2.15 bits per heavy atom. The van der Waals surface area contributed by atoms with Crippen LogP contribution in [0.3, 0.4) is 0 Å². The number of aromatic amines is 1. The second-order valence-electron chi connectivity index (χ2n) is 7.32. The fraction of sp³-hybridized carbons (Fsp3) is 0.364. The van der Waals surface area contributed by atoms with E-state index < -0.39 is 0 Å². The summed E-state index contributed by atoms with van der Waals surface area (Å²) in [6.07, 6.45) is 7.44. The maximum Gasteiger partial charge on any atom is 0.220 e. The first kappa shape index (κ1) is 17.6. The lowest BCUT2D eigenvalue weighted by Crippen LogP contribution is -2.27. The number of rotatable bonds is 8. The van der Waals surface area contributed by atoms with Crippen LogP contribution in [-0.4, -0.2) is 22.5 Å². The molecular formula is C22H25N3O2. The summed E-state index contributed by atoms with van der Waals surface area (Å²) in [5.41, 5.74) is 3.12. The minimum Gasteiger partial charge on any atom is -0.492 e. The van der Waals surface area contributed by atoms with E-state index in [1.807, 2.05) is 43.5 Å². The zero-order valence-corrected chi connectivity index (χ0v) is 15.6. The van der Waals surface area contributed by atoms with Gasteiger partial charge in [0, 0.05) is 23.5 Å². The third-order valence-electron chi connectivity index (χ3n) is 5.06. The molecule has 1 aromatic carbocycles. The molecule has 1 aliphatic carbocycles. The van der Waals surface area contributed by atoms with E-state index in [0.29, 0.717) is 12.8 Å². The molecule has 2 aromatic heterocycles. The van der Waals surface area contributed by atoms with Crippen molar-refractivity contribution in [3.05, 3.63) is 60.0 Å². The Balaban J connectivity index is 1.28. The number of hydrogen-bond acceptors (Lipinski definition) is 3. The van der Waals surface area contributed by atoms with Gasteiger partial charge in [0.25, 0.3) is 0 Å². The molecule has 0 unspecified atom stereocenters. The number of aryl methyl sites for hydroxylation is 1. The van der Waals surface area contributed by atoms with Crippen molar-refractivity contribution < 1.29 is 9.53 Å². The number of H-pyrrole nitrogens is 1. The quantitative estimate of drug-likeness (QED) is 0.631. The molecule has 0 saturated heterocycles. The highest BCUT2D eigenvalue weighted by Crippen LogP contribution is 2.29. The van der Waals surface area contributed by atoms with Crippen molar-refractivity contribution in [2.24, 2.45) is 5.92 Å². The summed E-state index contributed by atoms with van der Waals surface area (Å²) in [5, 5.41) is 4.22. The molecule has 1 atom stereocenters. The molecule has 4 rings (SSSR count). The van der Waals surface area contributed by atoms with Gasteiger partial charge < -0.3 is 15.0 Å². The molecule has 5 heteroatoms. The number of fused-ring (bicyclic) bond motifs is 1. The highest BCUT2D eigenvalue weighted by atomic mass is 16.5. The van der Waals surface area contributed by atoms with E-state index in [1.54, 1.807) is 6.20 Å². The van der Waals surface area contributed by atoms with Crippen LogP contribution in [0.25, 0.3) is 10.9 Å². The average molecular weight is 363 g/mol. The standard InChI is InChI=1S/C22H25N3O2/c1-15(20-10-9-18(13-24-20)27-14-16-6-7-16)25-22(26)11-8-17-12-23-21-5-3-2-4-19(17)21/h2-5,9-10,12-13,15-16,23H,6-8,11,14H2,1H3,(H,25,26)/t15-/m1/s1. The smallest absolute Gasteiger partial charge is 0.220 e. The molecule has 0 spiro atoms. The number of para-hydroxylation sites is 1. The van der Waals surface area contributed by atoms with Gasteiger partial charge in [0.1, 0.15) is 5.75 Å². The molecule has 0 radical (unpaired) electrons.